The van der Waals surface area contributed by atoms with Gasteiger partial charge in [-0.2, -0.15) is 11.8 Å². The summed E-state index contributed by atoms with van der Waals surface area (Å²) in [5, 5.41) is 0. The largest absolute Gasteiger partial charge is 0.372 e. The maximum atomic E-state index is 12.0. The van der Waals surface area contributed by atoms with Crippen LogP contribution >= 0.6 is 11.8 Å². The molecule has 1 saturated heterocycles. The van der Waals surface area contributed by atoms with Crippen molar-refractivity contribution in [3.8, 4) is 0 Å². The third-order valence-electron chi connectivity index (χ3n) is 2.68. The van der Waals surface area contributed by atoms with Gasteiger partial charge >= 0.3 is 0 Å². The zero-order chi connectivity index (χ0) is 12.1. The Bertz CT molecular complexity index is 228. The predicted octanol–water partition coefficient (Wildman–Crippen LogP) is 0.703. The van der Waals surface area contributed by atoms with Crippen LogP contribution in [0.4, 0.5) is 0 Å². The number of nitrogens with zero attached hydrogens (tertiary/aromatic N) is 1. The summed E-state index contributed by atoms with van der Waals surface area (Å²) in [4.78, 5) is 13.9. The molecule has 4 nitrogen and oxygen atoms in total. The van der Waals surface area contributed by atoms with E-state index in [0.29, 0.717) is 13.1 Å². The molecule has 1 amide bonds. The molecule has 5 heteroatoms. The minimum Gasteiger partial charge on any atom is -0.372 e. The molecule has 0 saturated carbocycles. The maximum absolute atomic E-state index is 12.0. The van der Waals surface area contributed by atoms with Crippen LogP contribution in [0.2, 0.25) is 0 Å². The summed E-state index contributed by atoms with van der Waals surface area (Å²) in [5.41, 5.74) is 5.88. The second-order valence-electron chi connectivity index (χ2n) is 4.39. The van der Waals surface area contributed by atoms with E-state index in [9.17, 15) is 4.79 Å². The van der Waals surface area contributed by atoms with Crippen LogP contribution in [0.5, 0.6) is 0 Å². The lowest BCUT2D eigenvalue weighted by molar-refractivity contribution is -0.144. The highest BCUT2D eigenvalue weighted by molar-refractivity contribution is 7.98. The van der Waals surface area contributed by atoms with Crippen LogP contribution in [0, 0.1) is 0 Å². The molecule has 0 spiro atoms. The van der Waals surface area contributed by atoms with Gasteiger partial charge < -0.3 is 15.4 Å². The van der Waals surface area contributed by atoms with E-state index < -0.39 is 0 Å². The lowest BCUT2D eigenvalue weighted by Crippen LogP contribution is -2.53. The van der Waals surface area contributed by atoms with E-state index in [4.69, 9.17) is 10.5 Å². The summed E-state index contributed by atoms with van der Waals surface area (Å²) in [7, 11) is 0. The van der Waals surface area contributed by atoms with Crippen molar-refractivity contribution in [3.63, 3.8) is 0 Å². The Hall–Kier alpha value is -0.260. The van der Waals surface area contributed by atoms with Crippen molar-refractivity contribution in [2.24, 2.45) is 5.73 Å². The molecule has 0 aromatic carbocycles. The Morgan fingerprint density at radius 1 is 1.50 bits per heavy atom. The van der Waals surface area contributed by atoms with Gasteiger partial charge in [-0.15, -0.1) is 0 Å². The van der Waals surface area contributed by atoms with E-state index in [1.54, 1.807) is 11.8 Å². The first-order valence-electron chi connectivity index (χ1n) is 5.73. The van der Waals surface area contributed by atoms with E-state index in [1.807, 2.05) is 25.0 Å². The molecule has 0 aliphatic carbocycles. The zero-order valence-corrected chi connectivity index (χ0v) is 11.1. The molecular weight excluding hydrogens is 224 g/mol. The monoisotopic (exact) mass is 246 g/mol. The van der Waals surface area contributed by atoms with Gasteiger partial charge in [0.15, 0.2) is 0 Å². The van der Waals surface area contributed by atoms with Gasteiger partial charge in [0, 0.05) is 13.1 Å². The number of hydrogen-bond acceptors (Lipinski definition) is 4. The number of carbonyl (C=O) groups is 1. The first-order chi connectivity index (χ1) is 7.54. The van der Waals surface area contributed by atoms with E-state index >= 15 is 0 Å². The van der Waals surface area contributed by atoms with Crippen molar-refractivity contribution in [1.82, 2.24) is 4.90 Å². The first-order valence-corrected chi connectivity index (χ1v) is 7.12. The van der Waals surface area contributed by atoms with Gasteiger partial charge in [0.1, 0.15) is 0 Å². The number of nitrogens with two attached hydrogens (primary N) is 1. The molecule has 1 heterocycles. The number of morpholine rings is 1. The van der Waals surface area contributed by atoms with Crippen LogP contribution in [-0.4, -0.2) is 54.2 Å². The van der Waals surface area contributed by atoms with Gasteiger partial charge in [-0.3, -0.25) is 4.79 Å². The van der Waals surface area contributed by atoms with Gasteiger partial charge in [-0.1, -0.05) is 0 Å². The SMILES string of the molecule is CSCC[C@H](N)C(=O)N1CC(C)OC(C)C1. The predicted molar refractivity (Wildman–Crippen MR) is 67.6 cm³/mol. The summed E-state index contributed by atoms with van der Waals surface area (Å²) in [5.74, 6) is 0.999. The zero-order valence-electron chi connectivity index (χ0n) is 10.3. The fourth-order valence-corrected chi connectivity index (χ4v) is 2.45. The molecule has 16 heavy (non-hydrogen) atoms. The van der Waals surface area contributed by atoms with Crippen molar-refractivity contribution in [3.05, 3.63) is 0 Å². The molecule has 1 aliphatic rings. The van der Waals surface area contributed by atoms with Gasteiger partial charge in [-0.25, -0.2) is 0 Å². The third-order valence-corrected chi connectivity index (χ3v) is 3.33. The average Bonchev–Trinajstić information content (AvgIpc) is 2.23. The lowest BCUT2D eigenvalue weighted by atomic mass is 10.1. The van der Waals surface area contributed by atoms with E-state index in [0.717, 1.165) is 12.2 Å². The highest BCUT2D eigenvalue weighted by Gasteiger charge is 2.28. The van der Waals surface area contributed by atoms with E-state index in [1.165, 1.54) is 0 Å². The molecule has 0 aromatic rings. The van der Waals surface area contributed by atoms with Gasteiger partial charge in [0.05, 0.1) is 18.2 Å². The van der Waals surface area contributed by atoms with E-state index in [2.05, 4.69) is 0 Å². The van der Waals surface area contributed by atoms with Crippen LogP contribution in [0.25, 0.3) is 0 Å². The van der Waals surface area contributed by atoms with Crippen LogP contribution in [0.1, 0.15) is 20.3 Å². The Labute approximate surface area is 102 Å². The number of hydrogen-bond donors (Lipinski definition) is 1. The average molecular weight is 246 g/mol. The molecule has 1 aliphatic heterocycles. The normalized spacial score (nSPS) is 27.9. The quantitative estimate of drug-likeness (QED) is 0.793. The summed E-state index contributed by atoms with van der Waals surface area (Å²) in [6, 6.07) is -0.357. The fourth-order valence-electron chi connectivity index (χ4n) is 1.96. The first kappa shape index (κ1) is 13.8. The van der Waals surface area contributed by atoms with Crippen LogP contribution < -0.4 is 5.73 Å². The fraction of sp³-hybridized carbons (Fsp3) is 0.909. The summed E-state index contributed by atoms with van der Waals surface area (Å²) >= 11 is 1.72. The Balaban J connectivity index is 2.45. The number of thioether (sulfide) groups is 1. The molecule has 1 rings (SSSR count). The van der Waals surface area contributed by atoms with Crippen molar-refractivity contribution in [1.29, 1.82) is 0 Å². The topological polar surface area (TPSA) is 55.6 Å². The molecule has 94 valence electrons. The summed E-state index contributed by atoms with van der Waals surface area (Å²) in [6.07, 6.45) is 3.00. The minimum atomic E-state index is -0.357. The van der Waals surface area contributed by atoms with Gasteiger partial charge in [0.2, 0.25) is 5.91 Å². The molecule has 0 aromatic heterocycles. The molecular formula is C11H22N2O2S. The maximum Gasteiger partial charge on any atom is 0.239 e. The molecule has 2 N–H and O–H groups in total. The number of rotatable bonds is 4. The Kier molecular flexibility index (Phi) is 5.58. The summed E-state index contributed by atoms with van der Waals surface area (Å²) < 4.78 is 5.59. The van der Waals surface area contributed by atoms with Crippen LogP contribution in [0.15, 0.2) is 0 Å². The second-order valence-corrected chi connectivity index (χ2v) is 5.37. The molecule has 3 atom stereocenters. The van der Waals surface area contributed by atoms with Crippen molar-refractivity contribution >= 4 is 17.7 Å². The molecule has 0 radical (unpaired) electrons. The standard InChI is InChI=1S/C11H22N2O2S/c1-8-6-13(7-9(2)15-8)11(14)10(12)4-5-16-3/h8-10H,4-7,12H2,1-3H3/t8?,9?,10-/m0/s1. The number of ether oxygens (including phenoxy) is 1. The second kappa shape index (κ2) is 6.47. The van der Waals surface area contributed by atoms with Crippen molar-refractivity contribution < 1.29 is 9.53 Å². The van der Waals surface area contributed by atoms with Gasteiger partial charge in [0.25, 0.3) is 0 Å². The smallest absolute Gasteiger partial charge is 0.239 e. The van der Waals surface area contributed by atoms with E-state index in [-0.39, 0.29) is 24.2 Å². The minimum absolute atomic E-state index is 0.0658. The van der Waals surface area contributed by atoms with Crippen molar-refractivity contribution in [2.45, 2.75) is 38.5 Å². The summed E-state index contributed by atoms with van der Waals surface area (Å²) in [6.45, 7) is 5.30. The Morgan fingerprint density at radius 2 is 2.06 bits per heavy atom. The lowest BCUT2D eigenvalue weighted by Gasteiger charge is -2.36. The van der Waals surface area contributed by atoms with Crippen LogP contribution in [-0.2, 0) is 9.53 Å². The molecule has 0 bridgehead atoms. The molecule has 1 fully saturated rings. The highest BCUT2D eigenvalue weighted by atomic mass is 32.2. The highest BCUT2D eigenvalue weighted by Crippen LogP contribution is 2.12. The third kappa shape index (κ3) is 3.96. The van der Waals surface area contributed by atoms with Gasteiger partial charge in [-0.05, 0) is 32.3 Å². The van der Waals surface area contributed by atoms with Crippen molar-refractivity contribution in [2.75, 3.05) is 25.1 Å². The Morgan fingerprint density at radius 3 is 2.56 bits per heavy atom. The number of amides is 1. The molecule has 2 unspecified atom stereocenters. The van der Waals surface area contributed by atoms with Crippen LogP contribution in [0.3, 0.4) is 0 Å². The number of carbonyl (C=O) groups excluding carboxylic acids is 1.